The van der Waals surface area contributed by atoms with Crippen molar-refractivity contribution in [3.8, 4) is 0 Å². The second-order valence-corrected chi connectivity index (χ2v) is 5.12. The molecule has 0 radical (unpaired) electrons. The number of aliphatic carboxylic acids is 1. The quantitative estimate of drug-likeness (QED) is 0.634. The second kappa shape index (κ2) is 7.20. The van der Waals surface area contributed by atoms with E-state index in [2.05, 4.69) is 5.32 Å². The van der Waals surface area contributed by atoms with Gasteiger partial charge in [0.25, 0.3) is 0 Å². The van der Waals surface area contributed by atoms with Crippen molar-refractivity contribution in [2.24, 2.45) is 5.92 Å². The van der Waals surface area contributed by atoms with E-state index >= 15 is 0 Å². The lowest BCUT2D eigenvalue weighted by molar-refractivity contribution is -0.141. The maximum absolute atomic E-state index is 11.7. The smallest absolute Gasteiger partial charge is 0.317 e. The van der Waals surface area contributed by atoms with Gasteiger partial charge in [0.05, 0.1) is 12.0 Å². The zero-order valence-corrected chi connectivity index (χ0v) is 11.6. The molecule has 0 aliphatic heterocycles. The number of rotatable bonds is 7. The van der Waals surface area contributed by atoms with Crippen molar-refractivity contribution in [1.82, 2.24) is 10.2 Å². The lowest BCUT2D eigenvalue weighted by Crippen LogP contribution is -2.47. The summed E-state index contributed by atoms with van der Waals surface area (Å²) >= 11 is 0. The molecule has 0 saturated heterocycles. The molecule has 106 valence electrons. The van der Waals surface area contributed by atoms with Crippen LogP contribution in [0.15, 0.2) is 0 Å². The molecule has 0 aromatic heterocycles. The minimum Gasteiger partial charge on any atom is -0.481 e. The summed E-state index contributed by atoms with van der Waals surface area (Å²) in [5.41, 5.74) is -1.43. The number of nitrogens with zero attached hydrogens (tertiary/aromatic N) is 1. The number of amides is 2. The highest BCUT2D eigenvalue weighted by atomic mass is 16.4. The normalized spacial score (nSPS) is 15.6. The molecule has 0 aliphatic rings. The van der Waals surface area contributed by atoms with Crippen molar-refractivity contribution in [1.29, 1.82) is 0 Å². The molecule has 6 nitrogen and oxygen atoms in total. The monoisotopic (exact) mass is 260 g/mol. The van der Waals surface area contributed by atoms with Crippen LogP contribution in [0, 0.1) is 5.92 Å². The first kappa shape index (κ1) is 16.7. The molecule has 2 unspecified atom stereocenters. The van der Waals surface area contributed by atoms with Gasteiger partial charge in [0.2, 0.25) is 0 Å². The number of hydrogen-bond acceptors (Lipinski definition) is 3. The molecule has 6 heteroatoms. The molecule has 0 heterocycles. The van der Waals surface area contributed by atoms with E-state index in [9.17, 15) is 14.7 Å². The van der Waals surface area contributed by atoms with Gasteiger partial charge in [-0.1, -0.05) is 20.3 Å². The fourth-order valence-corrected chi connectivity index (χ4v) is 1.47. The zero-order chi connectivity index (χ0) is 14.3. The van der Waals surface area contributed by atoms with Crippen molar-refractivity contribution in [2.45, 2.75) is 39.2 Å². The van der Waals surface area contributed by atoms with Crippen molar-refractivity contribution in [3.63, 3.8) is 0 Å². The standard InChI is InChI=1S/C12H24N2O4/c1-5-9(2)7-14(4)11(17)13-8-12(3,18)6-10(15)16/h9,18H,5-8H2,1-4H3,(H,13,17)(H,15,16). The first-order chi connectivity index (χ1) is 8.18. The van der Waals surface area contributed by atoms with Crippen LogP contribution in [0.2, 0.25) is 0 Å². The minimum absolute atomic E-state index is 0.0804. The molecule has 0 aliphatic carbocycles. The highest BCUT2D eigenvalue weighted by Gasteiger charge is 2.25. The van der Waals surface area contributed by atoms with Crippen LogP contribution in [0.1, 0.15) is 33.6 Å². The van der Waals surface area contributed by atoms with Gasteiger partial charge in [-0.15, -0.1) is 0 Å². The fraction of sp³-hybridized carbons (Fsp3) is 0.833. The molecule has 0 spiro atoms. The molecular formula is C12H24N2O4. The molecule has 2 amide bonds. The number of carbonyl (C=O) groups is 2. The van der Waals surface area contributed by atoms with Crippen molar-refractivity contribution >= 4 is 12.0 Å². The Morgan fingerprint density at radius 1 is 1.44 bits per heavy atom. The average Bonchev–Trinajstić information content (AvgIpc) is 2.23. The maximum atomic E-state index is 11.7. The lowest BCUT2D eigenvalue weighted by Gasteiger charge is -2.25. The lowest BCUT2D eigenvalue weighted by atomic mass is 10.0. The van der Waals surface area contributed by atoms with Gasteiger partial charge in [0.15, 0.2) is 0 Å². The van der Waals surface area contributed by atoms with Crippen LogP contribution in [0.4, 0.5) is 4.79 Å². The average molecular weight is 260 g/mol. The molecule has 0 aromatic rings. The SMILES string of the molecule is CCC(C)CN(C)C(=O)NCC(C)(O)CC(=O)O. The summed E-state index contributed by atoms with van der Waals surface area (Å²) in [4.78, 5) is 23.7. The van der Waals surface area contributed by atoms with Crippen molar-refractivity contribution in [2.75, 3.05) is 20.1 Å². The van der Waals surface area contributed by atoms with Gasteiger partial charge in [-0.3, -0.25) is 4.79 Å². The Labute approximate surface area is 108 Å². The molecule has 18 heavy (non-hydrogen) atoms. The first-order valence-electron chi connectivity index (χ1n) is 6.11. The van der Waals surface area contributed by atoms with Gasteiger partial charge in [-0.25, -0.2) is 4.79 Å². The largest absolute Gasteiger partial charge is 0.481 e. The van der Waals surface area contributed by atoms with E-state index in [1.54, 1.807) is 7.05 Å². The van der Waals surface area contributed by atoms with Gasteiger partial charge in [-0.05, 0) is 12.8 Å². The zero-order valence-electron chi connectivity index (χ0n) is 11.6. The molecule has 0 saturated carbocycles. The van der Waals surface area contributed by atoms with E-state index < -0.39 is 18.0 Å². The third-order valence-corrected chi connectivity index (χ3v) is 2.78. The number of carboxylic acids is 1. The van der Waals surface area contributed by atoms with Gasteiger partial charge < -0.3 is 20.4 Å². The van der Waals surface area contributed by atoms with Gasteiger partial charge in [0.1, 0.15) is 0 Å². The maximum Gasteiger partial charge on any atom is 0.317 e. The summed E-state index contributed by atoms with van der Waals surface area (Å²) in [5, 5.41) is 20.9. The Kier molecular flexibility index (Phi) is 6.68. The highest BCUT2D eigenvalue weighted by Crippen LogP contribution is 2.08. The Bertz CT molecular complexity index is 292. The van der Waals surface area contributed by atoms with E-state index in [4.69, 9.17) is 5.11 Å². The highest BCUT2D eigenvalue weighted by molar-refractivity contribution is 5.74. The van der Waals surface area contributed by atoms with Crippen LogP contribution in [-0.4, -0.2) is 52.9 Å². The summed E-state index contributed by atoms with van der Waals surface area (Å²) < 4.78 is 0. The summed E-state index contributed by atoms with van der Waals surface area (Å²) in [6, 6.07) is -0.305. The predicted molar refractivity (Wildman–Crippen MR) is 68.4 cm³/mol. The second-order valence-electron chi connectivity index (χ2n) is 5.12. The predicted octanol–water partition coefficient (Wildman–Crippen LogP) is 0.900. The van der Waals surface area contributed by atoms with Crippen LogP contribution >= 0.6 is 0 Å². The van der Waals surface area contributed by atoms with Crippen LogP contribution in [0.3, 0.4) is 0 Å². The number of hydrogen-bond donors (Lipinski definition) is 3. The molecule has 0 rings (SSSR count). The molecule has 3 N–H and O–H groups in total. The van der Waals surface area contributed by atoms with Crippen LogP contribution in [-0.2, 0) is 4.79 Å². The van der Waals surface area contributed by atoms with Crippen LogP contribution in [0.5, 0.6) is 0 Å². The van der Waals surface area contributed by atoms with Gasteiger partial charge in [0, 0.05) is 20.1 Å². The number of carboxylic acid groups (broad SMARTS) is 1. The molecular weight excluding hydrogens is 236 g/mol. The van der Waals surface area contributed by atoms with Crippen LogP contribution < -0.4 is 5.32 Å². The summed E-state index contributed by atoms with van der Waals surface area (Å²) in [5.74, 6) is -0.692. The van der Waals surface area contributed by atoms with E-state index in [1.165, 1.54) is 11.8 Å². The number of urea groups is 1. The Morgan fingerprint density at radius 3 is 2.44 bits per heavy atom. The number of carbonyl (C=O) groups excluding carboxylic acids is 1. The molecule has 0 fully saturated rings. The number of nitrogens with one attached hydrogen (secondary N) is 1. The van der Waals surface area contributed by atoms with E-state index in [-0.39, 0.29) is 12.6 Å². The van der Waals surface area contributed by atoms with E-state index in [0.717, 1.165) is 6.42 Å². The summed E-state index contributed by atoms with van der Waals surface area (Å²) in [6.07, 6.45) is 0.580. The van der Waals surface area contributed by atoms with E-state index in [0.29, 0.717) is 12.5 Å². The van der Waals surface area contributed by atoms with Crippen LogP contribution in [0.25, 0.3) is 0 Å². The Hall–Kier alpha value is -1.30. The van der Waals surface area contributed by atoms with Crippen molar-refractivity contribution in [3.05, 3.63) is 0 Å². The topological polar surface area (TPSA) is 89.9 Å². The molecule has 2 atom stereocenters. The summed E-state index contributed by atoms with van der Waals surface area (Å²) in [7, 11) is 1.67. The molecule has 0 aromatic carbocycles. The number of aliphatic hydroxyl groups is 1. The minimum atomic E-state index is -1.43. The first-order valence-corrected chi connectivity index (χ1v) is 6.11. The van der Waals surface area contributed by atoms with Gasteiger partial charge >= 0.3 is 12.0 Å². The fourth-order valence-electron chi connectivity index (χ4n) is 1.47. The third-order valence-electron chi connectivity index (χ3n) is 2.78. The van der Waals surface area contributed by atoms with E-state index in [1.807, 2.05) is 13.8 Å². The third kappa shape index (κ3) is 7.11. The molecule has 0 bridgehead atoms. The Morgan fingerprint density at radius 2 is 2.00 bits per heavy atom. The van der Waals surface area contributed by atoms with Crippen molar-refractivity contribution < 1.29 is 19.8 Å². The summed E-state index contributed by atoms with van der Waals surface area (Å²) in [6.45, 7) is 6.03. The van der Waals surface area contributed by atoms with Gasteiger partial charge in [-0.2, -0.15) is 0 Å². The Balaban J connectivity index is 4.12.